The smallest absolute Gasteiger partial charge is 0.336 e. The van der Waals surface area contributed by atoms with Crippen LogP contribution < -0.4 is 4.74 Å². The quantitative estimate of drug-likeness (QED) is 0.537. The van der Waals surface area contributed by atoms with Crippen LogP contribution in [0.25, 0.3) is 22.6 Å². The van der Waals surface area contributed by atoms with E-state index in [1.54, 1.807) is 16.8 Å². The van der Waals surface area contributed by atoms with Crippen LogP contribution in [0, 0.1) is 5.82 Å². The van der Waals surface area contributed by atoms with E-state index in [0.29, 0.717) is 29.2 Å². The van der Waals surface area contributed by atoms with Gasteiger partial charge in [0.05, 0.1) is 22.5 Å². The number of allylic oxidation sites excluding steroid dienone is 1. The minimum absolute atomic E-state index is 0.261. The number of carboxylic acids is 1. The lowest BCUT2D eigenvalue weighted by Gasteiger charge is -2.06. The number of carboxylic acid groups (broad SMARTS) is 1. The molecule has 0 fully saturated rings. The topological polar surface area (TPSA) is 77.2 Å². The largest absolute Gasteiger partial charge is 0.478 e. The SMILES string of the molecule is Cn1nc(C2=Cc3nccc(C(=O)O)c3C2)c2ccc(Oc3cccc(F)c3)cc21. The lowest BCUT2D eigenvalue weighted by Crippen LogP contribution is -2.03. The Bertz CT molecular complexity index is 1360. The van der Waals surface area contributed by atoms with Gasteiger partial charge < -0.3 is 9.84 Å². The first-order valence-corrected chi connectivity index (χ1v) is 9.32. The van der Waals surface area contributed by atoms with Gasteiger partial charge in [0.2, 0.25) is 0 Å². The van der Waals surface area contributed by atoms with Crippen LogP contribution in [0.1, 0.15) is 27.3 Å². The van der Waals surface area contributed by atoms with Gasteiger partial charge in [0, 0.05) is 37.2 Å². The van der Waals surface area contributed by atoms with Crippen molar-refractivity contribution in [2.75, 3.05) is 0 Å². The molecule has 1 aliphatic carbocycles. The second-order valence-corrected chi connectivity index (χ2v) is 7.08. The van der Waals surface area contributed by atoms with Gasteiger partial charge in [-0.25, -0.2) is 9.18 Å². The summed E-state index contributed by atoms with van der Waals surface area (Å²) in [5.41, 5.74) is 4.16. The predicted molar refractivity (Wildman–Crippen MR) is 110 cm³/mol. The third kappa shape index (κ3) is 3.00. The van der Waals surface area contributed by atoms with Gasteiger partial charge in [-0.05, 0) is 47.5 Å². The average molecular weight is 401 g/mol. The highest BCUT2D eigenvalue weighted by Crippen LogP contribution is 2.36. The van der Waals surface area contributed by atoms with E-state index >= 15 is 0 Å². The third-order valence-electron chi connectivity index (χ3n) is 5.16. The van der Waals surface area contributed by atoms with E-state index in [1.807, 2.05) is 31.3 Å². The maximum absolute atomic E-state index is 13.4. The number of fused-ring (bicyclic) bond motifs is 2. The standard InChI is InChI=1S/C23H16FN3O3/c1-27-21-12-16(30-15-4-2-3-14(24)11-15)5-6-18(21)22(26-27)13-9-19-17(23(28)29)7-8-25-20(19)10-13/h2-8,10-12H,9H2,1H3,(H,28,29). The fourth-order valence-corrected chi connectivity index (χ4v) is 3.78. The number of benzene rings is 2. The molecule has 1 aliphatic rings. The summed E-state index contributed by atoms with van der Waals surface area (Å²) in [6.07, 6.45) is 3.85. The summed E-state index contributed by atoms with van der Waals surface area (Å²) in [5.74, 6) is -0.342. The molecular formula is C23H16FN3O3. The molecule has 0 spiro atoms. The molecule has 1 N–H and O–H groups in total. The van der Waals surface area contributed by atoms with Crippen LogP contribution in [-0.2, 0) is 13.5 Å². The van der Waals surface area contributed by atoms with Gasteiger partial charge in [-0.2, -0.15) is 5.10 Å². The van der Waals surface area contributed by atoms with Crippen LogP contribution in [0.5, 0.6) is 11.5 Å². The molecule has 0 atom stereocenters. The number of aromatic carboxylic acids is 1. The zero-order chi connectivity index (χ0) is 20.8. The van der Waals surface area contributed by atoms with E-state index in [0.717, 1.165) is 22.2 Å². The highest BCUT2D eigenvalue weighted by atomic mass is 19.1. The maximum atomic E-state index is 13.4. The third-order valence-corrected chi connectivity index (χ3v) is 5.16. The predicted octanol–water partition coefficient (Wildman–Crippen LogP) is 4.69. The maximum Gasteiger partial charge on any atom is 0.336 e. The van der Waals surface area contributed by atoms with Crippen molar-refractivity contribution in [2.24, 2.45) is 7.05 Å². The molecule has 30 heavy (non-hydrogen) atoms. The number of rotatable bonds is 4. The molecule has 148 valence electrons. The Balaban J connectivity index is 1.51. The zero-order valence-electron chi connectivity index (χ0n) is 16.0. The van der Waals surface area contributed by atoms with Crippen LogP contribution in [-0.4, -0.2) is 25.8 Å². The molecule has 7 heteroatoms. The number of carbonyl (C=O) groups is 1. The number of ether oxygens (including phenoxy) is 1. The van der Waals surface area contributed by atoms with E-state index < -0.39 is 5.97 Å². The fourth-order valence-electron chi connectivity index (χ4n) is 3.78. The van der Waals surface area contributed by atoms with Crippen LogP contribution in [0.4, 0.5) is 4.39 Å². The first kappa shape index (κ1) is 18.1. The Morgan fingerprint density at radius 2 is 2.00 bits per heavy atom. The summed E-state index contributed by atoms with van der Waals surface area (Å²) in [6.45, 7) is 0. The average Bonchev–Trinajstić information content (AvgIpc) is 3.29. The summed E-state index contributed by atoms with van der Waals surface area (Å²) in [4.78, 5) is 15.8. The van der Waals surface area contributed by atoms with Crippen molar-refractivity contribution in [1.29, 1.82) is 0 Å². The lowest BCUT2D eigenvalue weighted by atomic mass is 10.0. The molecule has 6 nitrogen and oxygen atoms in total. The molecule has 4 aromatic rings. The summed E-state index contributed by atoms with van der Waals surface area (Å²) in [5, 5.41) is 15.0. The number of halogens is 1. The molecule has 0 unspecified atom stereocenters. The monoisotopic (exact) mass is 401 g/mol. The summed E-state index contributed by atoms with van der Waals surface area (Å²) >= 11 is 0. The highest BCUT2D eigenvalue weighted by molar-refractivity contribution is 6.00. The van der Waals surface area contributed by atoms with Gasteiger partial charge in [0.15, 0.2) is 0 Å². The van der Waals surface area contributed by atoms with Crippen molar-refractivity contribution >= 4 is 28.5 Å². The summed E-state index contributed by atoms with van der Waals surface area (Å²) in [6, 6.07) is 13.0. The van der Waals surface area contributed by atoms with E-state index in [4.69, 9.17) is 4.74 Å². The number of pyridine rings is 1. The van der Waals surface area contributed by atoms with Crippen molar-refractivity contribution < 1.29 is 19.0 Å². The Morgan fingerprint density at radius 3 is 2.80 bits per heavy atom. The van der Waals surface area contributed by atoms with Gasteiger partial charge >= 0.3 is 5.97 Å². The van der Waals surface area contributed by atoms with E-state index in [9.17, 15) is 14.3 Å². The van der Waals surface area contributed by atoms with Crippen LogP contribution in [0.15, 0.2) is 54.7 Å². The number of aromatic nitrogens is 3. The minimum atomic E-state index is -0.965. The molecule has 0 saturated heterocycles. The zero-order valence-corrected chi connectivity index (χ0v) is 16.0. The lowest BCUT2D eigenvalue weighted by molar-refractivity contribution is 0.0695. The fraction of sp³-hybridized carbons (Fsp3) is 0.0870. The number of aryl methyl sites for hydroxylation is 1. The van der Waals surface area contributed by atoms with Crippen LogP contribution >= 0.6 is 0 Å². The van der Waals surface area contributed by atoms with Gasteiger partial charge in [-0.3, -0.25) is 9.67 Å². The molecule has 0 bridgehead atoms. The minimum Gasteiger partial charge on any atom is -0.478 e. The molecule has 2 heterocycles. The first-order valence-electron chi connectivity index (χ1n) is 9.32. The molecule has 0 amide bonds. The Kier molecular flexibility index (Phi) is 4.10. The van der Waals surface area contributed by atoms with Crippen molar-refractivity contribution in [1.82, 2.24) is 14.8 Å². The molecule has 0 saturated carbocycles. The van der Waals surface area contributed by atoms with Gasteiger partial charge in [-0.1, -0.05) is 6.07 Å². The van der Waals surface area contributed by atoms with Crippen molar-refractivity contribution in [2.45, 2.75) is 6.42 Å². The van der Waals surface area contributed by atoms with Crippen molar-refractivity contribution in [3.8, 4) is 11.5 Å². The Labute approximate surface area is 170 Å². The second-order valence-electron chi connectivity index (χ2n) is 7.08. The Hall–Kier alpha value is -4.00. The van der Waals surface area contributed by atoms with Crippen LogP contribution in [0.2, 0.25) is 0 Å². The second kappa shape index (κ2) is 6.81. The summed E-state index contributed by atoms with van der Waals surface area (Å²) < 4.78 is 20.9. The van der Waals surface area contributed by atoms with E-state index in [2.05, 4.69) is 10.1 Å². The normalized spacial score (nSPS) is 12.7. The number of hydrogen-bond acceptors (Lipinski definition) is 4. The van der Waals surface area contributed by atoms with E-state index in [-0.39, 0.29) is 11.4 Å². The summed E-state index contributed by atoms with van der Waals surface area (Å²) in [7, 11) is 1.83. The molecule has 0 aliphatic heterocycles. The molecular weight excluding hydrogens is 385 g/mol. The van der Waals surface area contributed by atoms with Gasteiger partial charge in [0.1, 0.15) is 17.3 Å². The number of hydrogen-bond donors (Lipinski definition) is 1. The Morgan fingerprint density at radius 1 is 1.17 bits per heavy atom. The van der Waals surface area contributed by atoms with Gasteiger partial charge in [0.25, 0.3) is 0 Å². The highest BCUT2D eigenvalue weighted by Gasteiger charge is 2.24. The molecule has 5 rings (SSSR count). The molecule has 2 aromatic heterocycles. The van der Waals surface area contributed by atoms with Crippen LogP contribution in [0.3, 0.4) is 0 Å². The number of nitrogens with zero attached hydrogens (tertiary/aromatic N) is 3. The molecule has 2 aromatic carbocycles. The van der Waals surface area contributed by atoms with Gasteiger partial charge in [-0.15, -0.1) is 0 Å². The molecule has 0 radical (unpaired) electrons. The van der Waals surface area contributed by atoms with Crippen molar-refractivity contribution in [3.05, 3.63) is 83.1 Å². The van der Waals surface area contributed by atoms with Crippen molar-refractivity contribution in [3.63, 3.8) is 0 Å². The van der Waals surface area contributed by atoms with E-state index in [1.165, 1.54) is 24.4 Å². The first-order chi connectivity index (χ1) is 14.5.